The molecule has 1 heterocycles. The zero-order valence-electron chi connectivity index (χ0n) is 12.3. The Balaban J connectivity index is 2.13. The summed E-state index contributed by atoms with van der Waals surface area (Å²) in [6, 6.07) is 1.13. The van der Waals surface area contributed by atoms with Gasteiger partial charge in [0.15, 0.2) is 0 Å². The van der Waals surface area contributed by atoms with E-state index in [0.29, 0.717) is 0 Å². The highest BCUT2D eigenvalue weighted by Crippen LogP contribution is 2.17. The predicted octanol–water partition coefficient (Wildman–Crippen LogP) is 1.82. The van der Waals surface area contributed by atoms with E-state index in [2.05, 4.69) is 30.6 Å². The average molecular weight is 274 g/mol. The van der Waals surface area contributed by atoms with Crippen molar-refractivity contribution >= 4 is 8.56 Å². The van der Waals surface area contributed by atoms with Gasteiger partial charge in [-0.2, -0.15) is 0 Å². The fourth-order valence-electron chi connectivity index (χ4n) is 2.51. The summed E-state index contributed by atoms with van der Waals surface area (Å²) in [4.78, 5) is 2.55. The number of unbranched alkanes of at least 4 members (excludes halogenated alkanes) is 1. The lowest BCUT2D eigenvalue weighted by atomic mass is 10.3. The van der Waals surface area contributed by atoms with E-state index in [-0.39, 0.29) is 0 Å². The van der Waals surface area contributed by atoms with Crippen LogP contribution in [0.4, 0.5) is 0 Å². The number of hydrogen-bond acceptors (Lipinski definition) is 4. The van der Waals surface area contributed by atoms with Crippen molar-refractivity contribution in [2.45, 2.75) is 39.3 Å². The Morgan fingerprint density at radius 3 is 2.22 bits per heavy atom. The van der Waals surface area contributed by atoms with E-state index < -0.39 is 8.56 Å². The van der Waals surface area contributed by atoms with Crippen LogP contribution in [0.25, 0.3) is 0 Å². The molecule has 1 N–H and O–H groups in total. The van der Waals surface area contributed by atoms with Gasteiger partial charge in [0, 0.05) is 39.4 Å². The van der Waals surface area contributed by atoms with Crippen molar-refractivity contribution in [1.82, 2.24) is 10.2 Å². The number of nitrogens with one attached hydrogen (secondary N) is 1. The van der Waals surface area contributed by atoms with E-state index in [0.717, 1.165) is 32.3 Å². The van der Waals surface area contributed by atoms with Crippen molar-refractivity contribution in [3.63, 3.8) is 0 Å². The molecule has 0 amide bonds. The Hall–Kier alpha value is 0.0569. The lowest BCUT2D eigenvalue weighted by molar-refractivity contribution is 0.186. The van der Waals surface area contributed by atoms with Crippen molar-refractivity contribution < 1.29 is 8.85 Å². The van der Waals surface area contributed by atoms with Crippen molar-refractivity contribution in [2.24, 2.45) is 0 Å². The second-order valence-electron chi connectivity index (χ2n) is 5.05. The Morgan fingerprint density at radius 2 is 1.67 bits per heavy atom. The lowest BCUT2D eigenvalue weighted by Crippen LogP contribution is -2.44. The SMILES string of the molecule is CCO[Si](C)(CCCCN1CCNCC1)OCC. The maximum absolute atomic E-state index is 5.85. The molecule has 0 spiro atoms. The summed E-state index contributed by atoms with van der Waals surface area (Å²) < 4.78 is 11.7. The molecule has 1 rings (SSSR count). The molecule has 0 atom stereocenters. The monoisotopic (exact) mass is 274 g/mol. The Labute approximate surface area is 113 Å². The van der Waals surface area contributed by atoms with Gasteiger partial charge in [0.1, 0.15) is 0 Å². The molecule has 1 fully saturated rings. The molecule has 5 heteroatoms. The fourth-order valence-corrected chi connectivity index (χ4v) is 5.00. The first-order chi connectivity index (χ1) is 8.70. The summed E-state index contributed by atoms with van der Waals surface area (Å²) in [6.07, 6.45) is 2.50. The third-order valence-electron chi connectivity index (χ3n) is 3.46. The van der Waals surface area contributed by atoms with Crippen LogP contribution in [0.15, 0.2) is 0 Å². The summed E-state index contributed by atoms with van der Waals surface area (Å²) in [5.41, 5.74) is 0. The van der Waals surface area contributed by atoms with Gasteiger partial charge < -0.3 is 19.1 Å². The minimum Gasteiger partial charge on any atom is -0.395 e. The average Bonchev–Trinajstić information content (AvgIpc) is 2.37. The molecule has 0 bridgehead atoms. The molecule has 0 aliphatic carbocycles. The van der Waals surface area contributed by atoms with Crippen LogP contribution in [-0.2, 0) is 8.85 Å². The predicted molar refractivity (Wildman–Crippen MR) is 78.2 cm³/mol. The second kappa shape index (κ2) is 9.04. The first kappa shape index (κ1) is 16.1. The molecular weight excluding hydrogens is 244 g/mol. The van der Waals surface area contributed by atoms with Gasteiger partial charge >= 0.3 is 8.56 Å². The molecule has 0 aromatic heterocycles. The van der Waals surface area contributed by atoms with Crippen LogP contribution in [0.2, 0.25) is 12.6 Å². The minimum absolute atomic E-state index is 0.778. The lowest BCUT2D eigenvalue weighted by Gasteiger charge is -2.28. The topological polar surface area (TPSA) is 33.7 Å². The molecule has 0 radical (unpaired) electrons. The number of hydrogen-bond donors (Lipinski definition) is 1. The Bertz CT molecular complexity index is 205. The molecular formula is C13H30N2O2Si. The zero-order chi connectivity index (χ0) is 13.3. The molecule has 0 saturated carbocycles. The third-order valence-corrected chi connectivity index (χ3v) is 6.52. The smallest absolute Gasteiger partial charge is 0.334 e. The van der Waals surface area contributed by atoms with Crippen LogP contribution in [0.5, 0.6) is 0 Å². The highest BCUT2D eigenvalue weighted by atomic mass is 28.4. The second-order valence-corrected chi connectivity index (χ2v) is 8.39. The molecule has 108 valence electrons. The van der Waals surface area contributed by atoms with Crippen molar-refractivity contribution in [3.8, 4) is 0 Å². The minimum atomic E-state index is -1.87. The van der Waals surface area contributed by atoms with E-state index in [1.165, 1.54) is 32.5 Å². The number of piperazine rings is 1. The van der Waals surface area contributed by atoms with Crippen LogP contribution in [0, 0.1) is 0 Å². The van der Waals surface area contributed by atoms with Gasteiger partial charge in [-0.05, 0) is 39.4 Å². The van der Waals surface area contributed by atoms with Crippen molar-refractivity contribution in [1.29, 1.82) is 0 Å². The summed E-state index contributed by atoms with van der Waals surface area (Å²) in [6.45, 7) is 13.8. The van der Waals surface area contributed by atoms with E-state index in [1.807, 2.05) is 0 Å². The number of rotatable bonds is 9. The first-order valence-corrected chi connectivity index (χ1v) is 9.93. The van der Waals surface area contributed by atoms with Gasteiger partial charge in [0.25, 0.3) is 0 Å². The van der Waals surface area contributed by atoms with Crippen LogP contribution in [-0.4, -0.2) is 59.4 Å². The van der Waals surface area contributed by atoms with E-state index >= 15 is 0 Å². The van der Waals surface area contributed by atoms with Gasteiger partial charge in [-0.15, -0.1) is 0 Å². The van der Waals surface area contributed by atoms with Crippen molar-refractivity contribution in [3.05, 3.63) is 0 Å². The quantitative estimate of drug-likeness (QED) is 0.514. The van der Waals surface area contributed by atoms with E-state index in [1.54, 1.807) is 0 Å². The van der Waals surface area contributed by atoms with Crippen LogP contribution < -0.4 is 5.32 Å². The van der Waals surface area contributed by atoms with E-state index in [4.69, 9.17) is 8.85 Å². The van der Waals surface area contributed by atoms with E-state index in [9.17, 15) is 0 Å². The van der Waals surface area contributed by atoms with Crippen LogP contribution in [0.1, 0.15) is 26.7 Å². The molecule has 4 nitrogen and oxygen atoms in total. The van der Waals surface area contributed by atoms with Gasteiger partial charge in [-0.25, -0.2) is 0 Å². The third kappa shape index (κ3) is 6.29. The molecule has 0 unspecified atom stereocenters. The summed E-state index contributed by atoms with van der Waals surface area (Å²) in [7, 11) is -1.87. The van der Waals surface area contributed by atoms with Gasteiger partial charge in [0.2, 0.25) is 0 Å². The molecule has 1 saturated heterocycles. The largest absolute Gasteiger partial charge is 0.395 e. The molecule has 1 aliphatic heterocycles. The molecule has 1 aliphatic rings. The standard InChI is InChI=1S/C13H30N2O2Si/c1-4-16-18(3,17-5-2)13-7-6-10-15-11-8-14-9-12-15/h14H,4-13H2,1-3H3. The van der Waals surface area contributed by atoms with Crippen LogP contribution in [0.3, 0.4) is 0 Å². The summed E-state index contributed by atoms with van der Waals surface area (Å²) in [5, 5.41) is 3.39. The molecule has 0 aromatic carbocycles. The molecule has 18 heavy (non-hydrogen) atoms. The fraction of sp³-hybridized carbons (Fsp3) is 1.00. The van der Waals surface area contributed by atoms with Crippen LogP contribution >= 0.6 is 0 Å². The summed E-state index contributed by atoms with van der Waals surface area (Å²) >= 11 is 0. The number of nitrogens with zero attached hydrogens (tertiary/aromatic N) is 1. The molecule has 0 aromatic rings. The van der Waals surface area contributed by atoms with Gasteiger partial charge in [0.05, 0.1) is 0 Å². The highest BCUT2D eigenvalue weighted by molar-refractivity contribution is 6.66. The first-order valence-electron chi connectivity index (χ1n) is 7.41. The maximum atomic E-state index is 5.85. The Kier molecular flexibility index (Phi) is 8.09. The van der Waals surface area contributed by atoms with Gasteiger partial charge in [-0.3, -0.25) is 0 Å². The Morgan fingerprint density at radius 1 is 1.06 bits per heavy atom. The normalized spacial score (nSPS) is 18.2. The highest BCUT2D eigenvalue weighted by Gasteiger charge is 2.29. The maximum Gasteiger partial charge on any atom is 0.334 e. The zero-order valence-corrected chi connectivity index (χ0v) is 13.3. The van der Waals surface area contributed by atoms with Crippen molar-refractivity contribution in [2.75, 3.05) is 45.9 Å². The van der Waals surface area contributed by atoms with Gasteiger partial charge in [-0.1, -0.05) is 6.42 Å². The summed E-state index contributed by atoms with van der Waals surface area (Å²) in [5.74, 6) is 0.